The highest BCUT2D eigenvalue weighted by Crippen LogP contribution is 2.12. The SMILES string of the molecule is CCCC(=O)c1ccc(Cc2cc[c]cc2)cc1. The molecule has 0 bridgehead atoms. The van der Waals surface area contributed by atoms with Crippen molar-refractivity contribution >= 4 is 5.78 Å². The van der Waals surface area contributed by atoms with Crippen LogP contribution in [-0.4, -0.2) is 5.78 Å². The standard InChI is InChI=1S/C17H17O/c1-2-6-17(18)16-11-9-15(10-12-16)13-14-7-4-3-5-8-14/h4-5,7-12H,2,6,13H2,1H3. The molecule has 1 nitrogen and oxygen atoms in total. The van der Waals surface area contributed by atoms with Crippen LogP contribution < -0.4 is 0 Å². The monoisotopic (exact) mass is 237 g/mol. The molecular weight excluding hydrogens is 220 g/mol. The molecule has 1 heteroatoms. The summed E-state index contributed by atoms with van der Waals surface area (Å²) in [6, 6.07) is 18.9. The van der Waals surface area contributed by atoms with Crippen molar-refractivity contribution in [2.75, 3.05) is 0 Å². The lowest BCUT2D eigenvalue weighted by atomic mass is 10.0. The fraction of sp³-hybridized carbons (Fsp3) is 0.235. The molecule has 0 aliphatic carbocycles. The minimum Gasteiger partial charge on any atom is -0.294 e. The Morgan fingerprint density at radius 3 is 2.22 bits per heavy atom. The molecule has 2 aromatic carbocycles. The summed E-state index contributed by atoms with van der Waals surface area (Å²) in [4.78, 5) is 11.7. The molecule has 0 fully saturated rings. The summed E-state index contributed by atoms with van der Waals surface area (Å²) in [6.45, 7) is 2.03. The van der Waals surface area contributed by atoms with Crippen LogP contribution in [0.15, 0.2) is 48.5 Å². The van der Waals surface area contributed by atoms with Gasteiger partial charge in [0.05, 0.1) is 0 Å². The van der Waals surface area contributed by atoms with Gasteiger partial charge in [-0.05, 0) is 30.0 Å². The molecule has 18 heavy (non-hydrogen) atoms. The maximum Gasteiger partial charge on any atom is 0.162 e. The maximum absolute atomic E-state index is 11.7. The third-order valence-corrected chi connectivity index (χ3v) is 2.95. The molecule has 0 aliphatic rings. The molecule has 1 radical (unpaired) electrons. The van der Waals surface area contributed by atoms with Crippen LogP contribution in [0.4, 0.5) is 0 Å². The summed E-state index contributed by atoms with van der Waals surface area (Å²) in [5.74, 6) is 0.235. The van der Waals surface area contributed by atoms with Gasteiger partial charge in [0.2, 0.25) is 0 Å². The van der Waals surface area contributed by atoms with E-state index < -0.39 is 0 Å². The van der Waals surface area contributed by atoms with Crippen molar-refractivity contribution in [3.8, 4) is 0 Å². The largest absolute Gasteiger partial charge is 0.294 e. The number of hydrogen-bond acceptors (Lipinski definition) is 1. The van der Waals surface area contributed by atoms with Gasteiger partial charge in [0.1, 0.15) is 0 Å². The number of ketones is 1. The van der Waals surface area contributed by atoms with Gasteiger partial charge in [0, 0.05) is 12.0 Å². The number of rotatable bonds is 5. The molecule has 2 rings (SSSR count). The van der Waals surface area contributed by atoms with Gasteiger partial charge in [-0.2, -0.15) is 0 Å². The molecule has 0 spiro atoms. The van der Waals surface area contributed by atoms with Gasteiger partial charge < -0.3 is 0 Å². The lowest BCUT2D eigenvalue weighted by Crippen LogP contribution is -1.98. The highest BCUT2D eigenvalue weighted by atomic mass is 16.1. The first-order valence-electron chi connectivity index (χ1n) is 6.36. The van der Waals surface area contributed by atoms with E-state index in [9.17, 15) is 4.79 Å². The molecule has 0 aromatic heterocycles. The predicted octanol–water partition coefficient (Wildman–Crippen LogP) is 4.06. The van der Waals surface area contributed by atoms with E-state index >= 15 is 0 Å². The first-order chi connectivity index (χ1) is 8.79. The van der Waals surface area contributed by atoms with Gasteiger partial charge in [-0.25, -0.2) is 0 Å². The zero-order chi connectivity index (χ0) is 12.8. The molecule has 91 valence electrons. The van der Waals surface area contributed by atoms with Crippen LogP contribution in [0.1, 0.15) is 41.3 Å². The number of benzene rings is 2. The van der Waals surface area contributed by atoms with Crippen LogP contribution in [0, 0.1) is 6.07 Å². The van der Waals surface area contributed by atoms with Crippen LogP contribution in [0.5, 0.6) is 0 Å². The number of Topliss-reactive ketones (excluding diaryl/α,β-unsaturated/α-hetero) is 1. The summed E-state index contributed by atoms with van der Waals surface area (Å²) in [7, 11) is 0. The quantitative estimate of drug-likeness (QED) is 0.717. The molecule has 0 heterocycles. The van der Waals surface area contributed by atoms with Crippen LogP contribution >= 0.6 is 0 Å². The molecule has 0 saturated heterocycles. The van der Waals surface area contributed by atoms with Crippen LogP contribution in [0.2, 0.25) is 0 Å². The zero-order valence-corrected chi connectivity index (χ0v) is 10.6. The van der Waals surface area contributed by atoms with Crippen LogP contribution in [0.3, 0.4) is 0 Å². The highest BCUT2D eigenvalue weighted by molar-refractivity contribution is 5.96. The van der Waals surface area contributed by atoms with Crippen molar-refractivity contribution in [3.63, 3.8) is 0 Å². The summed E-state index contributed by atoms with van der Waals surface area (Å²) >= 11 is 0. The zero-order valence-electron chi connectivity index (χ0n) is 10.6. The maximum atomic E-state index is 11.7. The van der Waals surface area contributed by atoms with Crippen molar-refractivity contribution in [3.05, 3.63) is 71.3 Å². The number of hydrogen-bond donors (Lipinski definition) is 0. The minimum absolute atomic E-state index is 0.235. The van der Waals surface area contributed by atoms with E-state index in [-0.39, 0.29) is 5.78 Å². The Morgan fingerprint density at radius 1 is 1.00 bits per heavy atom. The third kappa shape index (κ3) is 3.30. The molecular formula is C17H17O. The van der Waals surface area contributed by atoms with Crippen molar-refractivity contribution in [2.45, 2.75) is 26.2 Å². The van der Waals surface area contributed by atoms with E-state index in [0.29, 0.717) is 6.42 Å². The van der Waals surface area contributed by atoms with E-state index in [1.807, 2.05) is 43.3 Å². The molecule has 0 unspecified atom stereocenters. The molecule has 0 atom stereocenters. The van der Waals surface area contributed by atoms with Crippen molar-refractivity contribution in [1.29, 1.82) is 0 Å². The second-order valence-electron chi connectivity index (χ2n) is 4.46. The summed E-state index contributed by atoms with van der Waals surface area (Å²) < 4.78 is 0. The highest BCUT2D eigenvalue weighted by Gasteiger charge is 2.04. The second-order valence-corrected chi connectivity index (χ2v) is 4.46. The lowest BCUT2D eigenvalue weighted by Gasteiger charge is -2.03. The van der Waals surface area contributed by atoms with E-state index in [0.717, 1.165) is 18.4 Å². The fourth-order valence-corrected chi connectivity index (χ4v) is 1.95. The van der Waals surface area contributed by atoms with Gasteiger partial charge in [-0.3, -0.25) is 4.79 Å². The third-order valence-electron chi connectivity index (χ3n) is 2.95. The molecule has 0 aliphatic heterocycles. The Hall–Kier alpha value is -1.89. The summed E-state index contributed by atoms with van der Waals surface area (Å²) in [6.07, 6.45) is 2.44. The van der Waals surface area contributed by atoms with Gasteiger partial charge >= 0.3 is 0 Å². The molecule has 0 saturated carbocycles. The van der Waals surface area contributed by atoms with Crippen LogP contribution in [-0.2, 0) is 6.42 Å². The summed E-state index contributed by atoms with van der Waals surface area (Å²) in [5, 5.41) is 0. The predicted molar refractivity (Wildman–Crippen MR) is 73.8 cm³/mol. The topological polar surface area (TPSA) is 17.1 Å². The average Bonchev–Trinajstić information content (AvgIpc) is 2.41. The Morgan fingerprint density at radius 2 is 1.61 bits per heavy atom. The Labute approximate surface area is 108 Å². The van der Waals surface area contributed by atoms with Gasteiger partial charge in [0.15, 0.2) is 5.78 Å². The fourth-order valence-electron chi connectivity index (χ4n) is 1.95. The van der Waals surface area contributed by atoms with Crippen molar-refractivity contribution in [1.82, 2.24) is 0 Å². The lowest BCUT2D eigenvalue weighted by molar-refractivity contribution is 0.0982. The van der Waals surface area contributed by atoms with E-state index in [1.54, 1.807) is 0 Å². The Balaban J connectivity index is 2.06. The molecule has 0 amide bonds. The molecule has 2 aromatic rings. The van der Waals surface area contributed by atoms with Gasteiger partial charge in [-0.1, -0.05) is 55.5 Å². The van der Waals surface area contributed by atoms with Gasteiger partial charge in [0.25, 0.3) is 0 Å². The Bertz CT molecular complexity index is 497. The van der Waals surface area contributed by atoms with E-state index in [1.165, 1.54) is 11.1 Å². The Kier molecular flexibility index (Phi) is 4.30. The number of carbonyl (C=O) groups is 1. The smallest absolute Gasteiger partial charge is 0.162 e. The number of carbonyl (C=O) groups excluding carboxylic acids is 1. The van der Waals surface area contributed by atoms with E-state index in [2.05, 4.69) is 18.2 Å². The molecule has 0 N–H and O–H groups in total. The van der Waals surface area contributed by atoms with Gasteiger partial charge in [-0.15, -0.1) is 0 Å². The van der Waals surface area contributed by atoms with E-state index in [4.69, 9.17) is 0 Å². The van der Waals surface area contributed by atoms with Crippen LogP contribution in [0.25, 0.3) is 0 Å². The van der Waals surface area contributed by atoms with Crippen molar-refractivity contribution in [2.24, 2.45) is 0 Å². The average molecular weight is 237 g/mol. The summed E-state index contributed by atoms with van der Waals surface area (Å²) in [5.41, 5.74) is 3.32. The second kappa shape index (κ2) is 6.15. The first-order valence-corrected chi connectivity index (χ1v) is 6.36. The minimum atomic E-state index is 0.235. The first kappa shape index (κ1) is 12.6. The van der Waals surface area contributed by atoms with Crippen molar-refractivity contribution < 1.29 is 4.79 Å². The normalized spacial score (nSPS) is 10.3.